The molecule has 1 atom stereocenters. The monoisotopic (exact) mass is 384 g/mol. The number of H-pyrrole nitrogens is 1. The number of hydrogen-bond donors (Lipinski definition) is 3. The van der Waals surface area contributed by atoms with Crippen LogP contribution in [0, 0.1) is 17.1 Å². The number of carbonyl (C=O) groups is 1. The van der Waals surface area contributed by atoms with Gasteiger partial charge in [0.25, 0.3) is 0 Å². The summed E-state index contributed by atoms with van der Waals surface area (Å²) in [5, 5.41) is 18.4. The van der Waals surface area contributed by atoms with E-state index in [-0.39, 0.29) is 16.1 Å². The lowest BCUT2D eigenvalue weighted by atomic mass is 9.99. The van der Waals surface area contributed by atoms with Crippen LogP contribution in [0.25, 0.3) is 27.8 Å². The third-order valence-electron chi connectivity index (χ3n) is 4.08. The molecule has 0 aliphatic rings. The van der Waals surface area contributed by atoms with Crippen LogP contribution in [-0.4, -0.2) is 31.0 Å². The normalized spacial score (nSPS) is 12.2. The van der Waals surface area contributed by atoms with Gasteiger partial charge in [-0.05, 0) is 0 Å². The Morgan fingerprint density at radius 2 is 2.26 bits per heavy atom. The second-order valence-electron chi connectivity index (χ2n) is 5.61. The first-order chi connectivity index (χ1) is 13.0. The predicted octanol–water partition coefficient (Wildman–Crippen LogP) is 2.16. The summed E-state index contributed by atoms with van der Waals surface area (Å²) in [6.07, 6.45) is 6.60. The molecule has 0 aliphatic carbocycles. The van der Waals surface area contributed by atoms with Crippen LogP contribution >= 0.6 is 11.6 Å². The van der Waals surface area contributed by atoms with Gasteiger partial charge in [0.15, 0.2) is 17.3 Å². The Morgan fingerprint density at radius 1 is 1.44 bits per heavy atom. The van der Waals surface area contributed by atoms with E-state index in [0.717, 1.165) is 0 Å². The molecule has 0 radical (unpaired) electrons. The van der Waals surface area contributed by atoms with Crippen LogP contribution < -0.4 is 11.1 Å². The number of halogens is 2. The minimum atomic E-state index is -1.21. The van der Waals surface area contributed by atoms with Gasteiger partial charge in [0.2, 0.25) is 6.41 Å². The molecule has 11 heteroatoms. The van der Waals surface area contributed by atoms with Gasteiger partial charge in [-0.15, -0.1) is 0 Å². The molecule has 3 heterocycles. The number of nitrogens with two attached hydrogens (primary N) is 1. The molecule has 0 bridgehead atoms. The SMILES string of the molecule is N#CC(N)c1c(F)c(Cl)c(-c2cn3cc(NC=O)nc3cn2)c2cn[nH]c12. The highest BCUT2D eigenvalue weighted by atomic mass is 35.5. The van der Waals surface area contributed by atoms with Crippen molar-refractivity contribution in [2.75, 3.05) is 5.32 Å². The van der Waals surface area contributed by atoms with Crippen molar-refractivity contribution in [2.24, 2.45) is 5.73 Å². The Hall–Kier alpha value is -3.55. The van der Waals surface area contributed by atoms with Crippen molar-refractivity contribution in [1.29, 1.82) is 5.26 Å². The molecule has 27 heavy (non-hydrogen) atoms. The number of amides is 1. The molecular formula is C16H10ClFN8O. The molecule has 4 N–H and O–H groups in total. The van der Waals surface area contributed by atoms with Gasteiger partial charge in [-0.1, -0.05) is 11.6 Å². The maximum Gasteiger partial charge on any atom is 0.212 e. The van der Waals surface area contributed by atoms with Crippen LogP contribution in [0.5, 0.6) is 0 Å². The topological polar surface area (TPSA) is 138 Å². The molecule has 1 unspecified atom stereocenters. The maximum atomic E-state index is 14.9. The first-order valence-electron chi connectivity index (χ1n) is 7.59. The van der Waals surface area contributed by atoms with E-state index in [0.29, 0.717) is 34.5 Å². The Labute approximate surface area is 155 Å². The van der Waals surface area contributed by atoms with E-state index in [1.807, 2.05) is 0 Å². The number of imidazole rings is 1. The fourth-order valence-electron chi connectivity index (χ4n) is 2.90. The number of nitrogens with zero attached hydrogens (tertiary/aromatic N) is 5. The number of aromatic nitrogens is 5. The second-order valence-corrected chi connectivity index (χ2v) is 5.99. The molecule has 0 fully saturated rings. The lowest BCUT2D eigenvalue weighted by molar-refractivity contribution is -0.105. The van der Waals surface area contributed by atoms with E-state index >= 15 is 0 Å². The summed E-state index contributed by atoms with van der Waals surface area (Å²) in [5.74, 6) is -0.474. The summed E-state index contributed by atoms with van der Waals surface area (Å²) in [5.41, 5.74) is 7.06. The number of nitriles is 1. The number of hydrogen-bond acceptors (Lipinski definition) is 6. The molecule has 4 rings (SSSR count). The van der Waals surface area contributed by atoms with Crippen molar-refractivity contribution in [3.63, 3.8) is 0 Å². The first kappa shape index (κ1) is 16.9. The summed E-state index contributed by atoms with van der Waals surface area (Å²) in [6, 6.07) is 0.589. The number of aromatic amines is 1. The summed E-state index contributed by atoms with van der Waals surface area (Å²) >= 11 is 6.27. The molecule has 0 saturated carbocycles. The van der Waals surface area contributed by atoms with Crippen molar-refractivity contribution < 1.29 is 9.18 Å². The molecule has 0 aliphatic heterocycles. The van der Waals surface area contributed by atoms with Gasteiger partial charge in [-0.3, -0.25) is 14.9 Å². The average molecular weight is 385 g/mol. The van der Waals surface area contributed by atoms with Crippen molar-refractivity contribution >= 4 is 40.4 Å². The second kappa shape index (κ2) is 6.31. The lowest BCUT2D eigenvalue weighted by Gasteiger charge is -2.13. The van der Waals surface area contributed by atoms with E-state index in [9.17, 15) is 9.18 Å². The number of nitrogens with one attached hydrogen (secondary N) is 2. The number of benzene rings is 1. The number of fused-ring (bicyclic) bond motifs is 2. The lowest BCUT2D eigenvalue weighted by Crippen LogP contribution is -2.11. The van der Waals surface area contributed by atoms with Gasteiger partial charge in [0.05, 0.1) is 40.9 Å². The summed E-state index contributed by atoms with van der Waals surface area (Å²) < 4.78 is 16.5. The molecule has 134 valence electrons. The zero-order valence-electron chi connectivity index (χ0n) is 13.4. The number of anilines is 1. The van der Waals surface area contributed by atoms with Gasteiger partial charge in [0, 0.05) is 22.7 Å². The fraction of sp³-hybridized carbons (Fsp3) is 0.0625. The highest BCUT2D eigenvalue weighted by Crippen LogP contribution is 2.39. The van der Waals surface area contributed by atoms with Gasteiger partial charge in [-0.2, -0.15) is 10.4 Å². The minimum Gasteiger partial charge on any atom is -0.312 e. The third-order valence-corrected chi connectivity index (χ3v) is 4.44. The standard InChI is InChI=1S/C16H10ClFN8O/c17-14-12(7-2-23-25-16(7)13(15(14)18)8(20)1-19)9-4-26-5-10(22-6-27)24-11(26)3-21-9/h2-6,8H,20H2,(H,22,27)(H,23,25). The summed E-state index contributed by atoms with van der Waals surface area (Å²) in [4.78, 5) is 19.0. The fourth-order valence-corrected chi connectivity index (χ4v) is 3.20. The van der Waals surface area contributed by atoms with E-state index in [1.54, 1.807) is 22.9 Å². The van der Waals surface area contributed by atoms with Crippen molar-refractivity contribution in [3.05, 3.63) is 41.2 Å². The molecule has 3 aromatic heterocycles. The summed E-state index contributed by atoms with van der Waals surface area (Å²) in [6.45, 7) is 0. The quantitative estimate of drug-likeness (QED) is 0.461. The molecule has 1 aromatic carbocycles. The maximum absolute atomic E-state index is 14.9. The first-order valence-corrected chi connectivity index (χ1v) is 7.97. The van der Waals surface area contributed by atoms with Gasteiger partial charge in [0.1, 0.15) is 6.04 Å². The van der Waals surface area contributed by atoms with Crippen LogP contribution in [-0.2, 0) is 4.79 Å². The summed E-state index contributed by atoms with van der Waals surface area (Å²) in [7, 11) is 0. The Kier molecular flexibility index (Phi) is 3.95. The Balaban J connectivity index is 1.98. The van der Waals surface area contributed by atoms with Crippen molar-refractivity contribution in [1.82, 2.24) is 24.6 Å². The molecule has 4 aromatic rings. The third kappa shape index (κ3) is 2.57. The Bertz CT molecular complexity index is 1240. The van der Waals surface area contributed by atoms with Crippen LogP contribution in [0.3, 0.4) is 0 Å². The van der Waals surface area contributed by atoms with Gasteiger partial charge >= 0.3 is 0 Å². The van der Waals surface area contributed by atoms with Crippen molar-refractivity contribution in [3.8, 4) is 17.3 Å². The molecule has 1 amide bonds. The van der Waals surface area contributed by atoms with Crippen LogP contribution in [0.15, 0.2) is 24.8 Å². The van der Waals surface area contributed by atoms with E-state index in [4.69, 9.17) is 22.6 Å². The van der Waals surface area contributed by atoms with E-state index in [1.165, 1.54) is 12.4 Å². The highest BCUT2D eigenvalue weighted by Gasteiger charge is 2.25. The Morgan fingerprint density at radius 3 is 3.00 bits per heavy atom. The van der Waals surface area contributed by atoms with Gasteiger partial charge in [-0.25, -0.2) is 9.37 Å². The van der Waals surface area contributed by atoms with Crippen LogP contribution in [0.2, 0.25) is 5.02 Å². The number of carbonyl (C=O) groups excluding carboxylic acids is 1. The minimum absolute atomic E-state index is 0.0556. The van der Waals surface area contributed by atoms with E-state index in [2.05, 4.69) is 25.5 Å². The molecule has 0 saturated heterocycles. The zero-order valence-corrected chi connectivity index (χ0v) is 14.2. The van der Waals surface area contributed by atoms with Crippen LogP contribution in [0.1, 0.15) is 11.6 Å². The predicted molar refractivity (Wildman–Crippen MR) is 95.3 cm³/mol. The van der Waals surface area contributed by atoms with E-state index < -0.39 is 11.9 Å². The highest BCUT2D eigenvalue weighted by molar-refractivity contribution is 6.35. The number of rotatable bonds is 4. The van der Waals surface area contributed by atoms with Gasteiger partial charge < -0.3 is 15.5 Å². The molecular weight excluding hydrogens is 375 g/mol. The molecule has 9 nitrogen and oxygen atoms in total. The smallest absolute Gasteiger partial charge is 0.212 e. The largest absolute Gasteiger partial charge is 0.312 e. The zero-order chi connectivity index (χ0) is 19.1. The van der Waals surface area contributed by atoms with Crippen LogP contribution in [0.4, 0.5) is 10.2 Å². The average Bonchev–Trinajstić information content (AvgIpc) is 3.28. The molecule has 0 spiro atoms. The van der Waals surface area contributed by atoms with Crippen molar-refractivity contribution in [2.45, 2.75) is 6.04 Å².